The van der Waals surface area contributed by atoms with Crippen molar-refractivity contribution in [2.75, 3.05) is 7.05 Å². The summed E-state index contributed by atoms with van der Waals surface area (Å²) in [4.78, 5) is 20.3. The molecule has 7 rings (SSSR count). The van der Waals surface area contributed by atoms with Gasteiger partial charge in [0.05, 0.1) is 22.9 Å². The zero-order chi connectivity index (χ0) is 25.6. The van der Waals surface area contributed by atoms with Crippen molar-refractivity contribution >= 4 is 16.8 Å². The van der Waals surface area contributed by atoms with Crippen molar-refractivity contribution in [2.24, 2.45) is 5.92 Å². The fraction of sp³-hybridized carbons (Fsp3) is 0.387. The fourth-order valence-electron chi connectivity index (χ4n) is 6.36. The number of H-pyrrole nitrogens is 1. The fourth-order valence-corrected chi connectivity index (χ4v) is 6.36. The van der Waals surface area contributed by atoms with Gasteiger partial charge in [0.2, 0.25) is 0 Å². The molecule has 4 atom stereocenters. The van der Waals surface area contributed by atoms with Crippen molar-refractivity contribution in [3.05, 3.63) is 78.1 Å². The Bertz CT molecular complexity index is 1430. The lowest BCUT2D eigenvalue weighted by molar-refractivity contribution is 0.0662. The third-order valence-electron chi connectivity index (χ3n) is 8.70. The number of fused-ring (bicyclic) bond motifs is 3. The number of hydrogen-bond acceptors (Lipinski definition) is 5. The van der Waals surface area contributed by atoms with E-state index < -0.39 is 0 Å². The van der Waals surface area contributed by atoms with Crippen LogP contribution in [0.1, 0.15) is 60.6 Å². The molecule has 1 amide bonds. The lowest BCUT2D eigenvalue weighted by Gasteiger charge is -2.36. The average molecular weight is 508 g/mol. The number of benzene rings is 2. The first-order chi connectivity index (χ1) is 18.6. The van der Waals surface area contributed by atoms with Gasteiger partial charge in [0.25, 0.3) is 5.91 Å². The van der Waals surface area contributed by atoms with Crippen molar-refractivity contribution in [1.82, 2.24) is 25.4 Å². The molecular weight excluding hydrogens is 474 g/mol. The summed E-state index contributed by atoms with van der Waals surface area (Å²) in [6, 6.07) is 21.0. The molecule has 0 radical (unpaired) electrons. The van der Waals surface area contributed by atoms with Crippen LogP contribution in [0.15, 0.2) is 66.9 Å². The molecule has 2 bridgehead atoms. The minimum Gasteiger partial charge on any atom is -0.490 e. The van der Waals surface area contributed by atoms with Crippen LogP contribution in [0.3, 0.4) is 0 Å². The van der Waals surface area contributed by atoms with E-state index in [1.54, 1.807) is 6.20 Å². The van der Waals surface area contributed by atoms with Crippen LogP contribution in [0.5, 0.6) is 5.75 Å². The Labute approximate surface area is 222 Å². The minimum atomic E-state index is -0.0857. The topological polar surface area (TPSA) is 83.1 Å². The predicted octanol–water partition coefficient (Wildman–Crippen LogP) is 5.51. The van der Waals surface area contributed by atoms with E-state index in [0.717, 1.165) is 59.3 Å². The summed E-state index contributed by atoms with van der Waals surface area (Å²) in [6.45, 7) is 0. The van der Waals surface area contributed by atoms with Gasteiger partial charge in [-0.15, -0.1) is 0 Å². The Kier molecular flexibility index (Phi) is 5.88. The number of nitrogens with one attached hydrogen (secondary N) is 2. The largest absolute Gasteiger partial charge is 0.490 e. The summed E-state index contributed by atoms with van der Waals surface area (Å²) < 4.78 is 6.38. The average Bonchev–Trinajstić information content (AvgIpc) is 3.67. The number of rotatable bonds is 7. The highest BCUT2D eigenvalue weighted by molar-refractivity contribution is 6.01. The number of aromatic nitrogens is 3. The van der Waals surface area contributed by atoms with Crippen molar-refractivity contribution < 1.29 is 9.53 Å². The van der Waals surface area contributed by atoms with Crippen LogP contribution in [0.4, 0.5) is 0 Å². The molecule has 2 aliphatic heterocycles. The molecule has 2 N–H and O–H groups in total. The maximum Gasteiger partial charge on any atom is 0.251 e. The molecule has 194 valence electrons. The molecule has 0 spiro atoms. The van der Waals surface area contributed by atoms with Crippen LogP contribution < -0.4 is 10.1 Å². The Morgan fingerprint density at radius 3 is 2.53 bits per heavy atom. The molecular formula is C31H33N5O2. The normalized spacial score (nSPS) is 23.9. The Morgan fingerprint density at radius 2 is 1.82 bits per heavy atom. The van der Waals surface area contributed by atoms with Crippen LogP contribution in [0.2, 0.25) is 0 Å². The first-order valence-corrected chi connectivity index (χ1v) is 13.8. The zero-order valence-corrected chi connectivity index (χ0v) is 21.6. The van der Waals surface area contributed by atoms with E-state index in [1.165, 1.54) is 12.8 Å². The molecule has 3 aliphatic rings. The Balaban J connectivity index is 1.08. The highest BCUT2D eigenvalue weighted by Crippen LogP contribution is 2.41. The van der Waals surface area contributed by atoms with Crippen molar-refractivity contribution in [2.45, 2.75) is 62.8 Å². The number of aromatic amines is 1. The second kappa shape index (κ2) is 9.55. The molecule has 2 saturated heterocycles. The first kappa shape index (κ1) is 23.4. The van der Waals surface area contributed by atoms with Crippen LogP contribution in [0.25, 0.3) is 22.2 Å². The number of piperidine rings is 1. The molecule has 2 aromatic carbocycles. The highest BCUT2D eigenvalue weighted by Gasteiger charge is 2.39. The molecule has 7 nitrogen and oxygen atoms in total. The quantitative estimate of drug-likeness (QED) is 0.345. The van der Waals surface area contributed by atoms with Gasteiger partial charge in [-0.05, 0) is 106 Å². The summed E-state index contributed by atoms with van der Waals surface area (Å²) in [5, 5.41) is 11.9. The molecule has 1 unspecified atom stereocenters. The van der Waals surface area contributed by atoms with E-state index in [-0.39, 0.29) is 18.1 Å². The van der Waals surface area contributed by atoms with Crippen molar-refractivity contribution in [3.8, 4) is 17.0 Å². The maximum absolute atomic E-state index is 13.3. The monoisotopic (exact) mass is 507 g/mol. The zero-order valence-electron chi connectivity index (χ0n) is 21.6. The van der Waals surface area contributed by atoms with Crippen molar-refractivity contribution in [3.63, 3.8) is 0 Å². The van der Waals surface area contributed by atoms with E-state index >= 15 is 0 Å². The van der Waals surface area contributed by atoms with Crippen LogP contribution >= 0.6 is 0 Å². The molecule has 2 aromatic heterocycles. The second-order valence-corrected chi connectivity index (χ2v) is 11.2. The molecule has 38 heavy (non-hydrogen) atoms. The minimum absolute atomic E-state index is 0.0597. The third kappa shape index (κ3) is 4.45. The third-order valence-corrected chi connectivity index (χ3v) is 8.70. The lowest BCUT2D eigenvalue weighted by atomic mass is 10.0. The van der Waals surface area contributed by atoms with Gasteiger partial charge < -0.3 is 15.0 Å². The number of amides is 1. The maximum atomic E-state index is 13.3. The van der Waals surface area contributed by atoms with Gasteiger partial charge in [-0.3, -0.25) is 14.9 Å². The van der Waals surface area contributed by atoms with Crippen molar-refractivity contribution in [1.29, 1.82) is 0 Å². The number of hydrogen-bond donors (Lipinski definition) is 2. The van der Waals surface area contributed by atoms with Gasteiger partial charge >= 0.3 is 0 Å². The summed E-state index contributed by atoms with van der Waals surface area (Å²) in [7, 11) is 2.25. The van der Waals surface area contributed by atoms with Gasteiger partial charge in [0.15, 0.2) is 0 Å². The van der Waals surface area contributed by atoms with E-state index in [0.29, 0.717) is 23.6 Å². The Hall–Kier alpha value is -3.71. The van der Waals surface area contributed by atoms with Crippen LogP contribution in [-0.4, -0.2) is 51.2 Å². The first-order valence-electron chi connectivity index (χ1n) is 13.8. The van der Waals surface area contributed by atoms with Gasteiger partial charge in [-0.1, -0.05) is 6.07 Å². The summed E-state index contributed by atoms with van der Waals surface area (Å²) in [5.41, 5.74) is 4.28. The number of pyridine rings is 1. The number of carbonyl (C=O) groups excluding carboxylic acids is 1. The SMILES string of the molecule is CN1[C@@H]2CC[C@H]1CC(Oc1ccc(-c3n[nH]c4ccc(C(=O)N[C@@H](c5ccccn5)C5CC5)cc34)cc1)C2. The number of ether oxygens (including phenoxy) is 1. The molecule has 7 heteroatoms. The molecule has 1 saturated carbocycles. The smallest absolute Gasteiger partial charge is 0.251 e. The lowest BCUT2D eigenvalue weighted by Crippen LogP contribution is -2.43. The number of carbonyl (C=O) groups is 1. The molecule has 4 aromatic rings. The van der Waals surface area contributed by atoms with Crippen LogP contribution in [0, 0.1) is 5.92 Å². The van der Waals surface area contributed by atoms with E-state index in [9.17, 15) is 4.79 Å². The van der Waals surface area contributed by atoms with E-state index in [4.69, 9.17) is 4.74 Å². The van der Waals surface area contributed by atoms with E-state index in [2.05, 4.69) is 44.6 Å². The van der Waals surface area contributed by atoms with Gasteiger partial charge in [-0.25, -0.2) is 0 Å². The number of nitrogens with zero attached hydrogens (tertiary/aromatic N) is 3. The molecule has 3 fully saturated rings. The Morgan fingerprint density at radius 1 is 1.03 bits per heavy atom. The van der Waals surface area contributed by atoms with Crippen LogP contribution in [-0.2, 0) is 0 Å². The molecule has 1 aliphatic carbocycles. The highest BCUT2D eigenvalue weighted by atomic mass is 16.5. The van der Waals surface area contributed by atoms with Gasteiger partial charge in [0, 0.05) is 34.8 Å². The summed E-state index contributed by atoms with van der Waals surface area (Å²) in [6.07, 6.45) is 9.09. The summed E-state index contributed by atoms with van der Waals surface area (Å²) in [5.74, 6) is 1.27. The van der Waals surface area contributed by atoms with Gasteiger partial charge in [-0.2, -0.15) is 5.10 Å². The summed E-state index contributed by atoms with van der Waals surface area (Å²) >= 11 is 0. The van der Waals surface area contributed by atoms with E-state index in [1.807, 2.05) is 48.5 Å². The standard InChI is InChI=1S/C31H33N5O2/c1-36-22-10-11-23(36)18-25(17-22)38-24-12-7-19(8-13-24)29-26-16-21(9-14-27(26)34-35-29)31(37)33-30(20-5-6-20)28-4-2-3-15-32-28/h2-4,7-9,12-16,20,22-23,25,30H,5-6,10-11,17-18H2,1H3,(H,33,37)(H,34,35)/t22-,23+,25?,30-/m1/s1. The van der Waals surface area contributed by atoms with Gasteiger partial charge in [0.1, 0.15) is 11.9 Å². The molecule has 4 heterocycles. The second-order valence-electron chi connectivity index (χ2n) is 11.2. The predicted molar refractivity (Wildman–Crippen MR) is 147 cm³/mol.